The number of nitrogens with zero attached hydrogens (tertiary/aromatic N) is 1. The zero-order chi connectivity index (χ0) is 11.9. The third-order valence-electron chi connectivity index (χ3n) is 3.75. The smallest absolute Gasteiger partial charge is 0.152 e. The van der Waals surface area contributed by atoms with E-state index >= 15 is 0 Å². The fraction of sp³-hybridized carbons (Fsp3) is 0.357. The van der Waals surface area contributed by atoms with Crippen molar-refractivity contribution in [1.29, 1.82) is 0 Å². The number of benzene rings is 1. The van der Waals surface area contributed by atoms with Crippen molar-refractivity contribution >= 4 is 17.2 Å². The number of rotatable bonds is 2. The standard InChI is InChI=1S/C14H16N2O/c1-14(7-4-8-15-14)16-9-11(10-17)12-5-2-3-6-13(12)16/h2-3,5-6,9-10,15H,4,7-8H2,1H3/t14-/m1/s1. The SMILES string of the molecule is C[C@@]1(n2cc(C=O)c3ccccc32)CCCN1. The molecule has 1 aliphatic heterocycles. The largest absolute Gasteiger partial charge is 0.328 e. The van der Waals surface area contributed by atoms with E-state index in [9.17, 15) is 4.79 Å². The van der Waals surface area contributed by atoms with Crippen LogP contribution in [0.25, 0.3) is 10.9 Å². The maximum atomic E-state index is 11.1. The van der Waals surface area contributed by atoms with Crippen molar-refractivity contribution in [3.8, 4) is 0 Å². The van der Waals surface area contributed by atoms with Crippen LogP contribution in [0.1, 0.15) is 30.1 Å². The Morgan fingerprint density at radius 3 is 2.94 bits per heavy atom. The zero-order valence-electron chi connectivity index (χ0n) is 9.94. The number of para-hydroxylation sites is 1. The van der Waals surface area contributed by atoms with Gasteiger partial charge in [-0.2, -0.15) is 0 Å². The second-order valence-electron chi connectivity index (χ2n) is 4.89. The van der Waals surface area contributed by atoms with Crippen LogP contribution in [0, 0.1) is 0 Å². The Balaban J connectivity index is 2.26. The van der Waals surface area contributed by atoms with Crippen LogP contribution in [-0.4, -0.2) is 17.4 Å². The van der Waals surface area contributed by atoms with E-state index in [0.29, 0.717) is 0 Å². The monoisotopic (exact) mass is 228 g/mol. The molecule has 0 bridgehead atoms. The van der Waals surface area contributed by atoms with Gasteiger partial charge in [-0.3, -0.25) is 10.1 Å². The highest BCUT2D eigenvalue weighted by molar-refractivity contribution is 5.97. The molecular weight excluding hydrogens is 212 g/mol. The molecule has 0 radical (unpaired) electrons. The molecule has 0 aliphatic carbocycles. The second-order valence-corrected chi connectivity index (χ2v) is 4.89. The van der Waals surface area contributed by atoms with Crippen molar-refractivity contribution in [2.24, 2.45) is 0 Å². The normalized spacial score (nSPS) is 24.3. The summed E-state index contributed by atoms with van der Waals surface area (Å²) in [6.45, 7) is 3.24. The molecular formula is C14H16N2O. The molecule has 17 heavy (non-hydrogen) atoms. The van der Waals surface area contributed by atoms with Crippen LogP contribution in [0.2, 0.25) is 0 Å². The molecule has 2 heterocycles. The van der Waals surface area contributed by atoms with Crippen LogP contribution in [-0.2, 0) is 5.66 Å². The number of carbonyl (C=O) groups is 1. The molecule has 3 nitrogen and oxygen atoms in total. The summed E-state index contributed by atoms with van der Waals surface area (Å²) in [5.41, 5.74) is 1.85. The predicted molar refractivity (Wildman–Crippen MR) is 68.2 cm³/mol. The van der Waals surface area contributed by atoms with Gasteiger partial charge in [0.25, 0.3) is 0 Å². The van der Waals surface area contributed by atoms with Crippen LogP contribution in [0.15, 0.2) is 30.5 Å². The summed E-state index contributed by atoms with van der Waals surface area (Å²) in [6, 6.07) is 8.08. The summed E-state index contributed by atoms with van der Waals surface area (Å²) < 4.78 is 2.21. The molecule has 1 aliphatic rings. The van der Waals surface area contributed by atoms with E-state index in [1.165, 1.54) is 6.42 Å². The molecule has 1 atom stereocenters. The lowest BCUT2D eigenvalue weighted by Crippen LogP contribution is -2.39. The predicted octanol–water partition coefficient (Wildman–Crippen LogP) is 2.51. The van der Waals surface area contributed by atoms with Gasteiger partial charge >= 0.3 is 0 Å². The highest BCUT2D eigenvalue weighted by Gasteiger charge is 2.31. The first-order valence-electron chi connectivity index (χ1n) is 6.05. The highest BCUT2D eigenvalue weighted by Crippen LogP contribution is 2.30. The van der Waals surface area contributed by atoms with Gasteiger partial charge in [0.1, 0.15) is 0 Å². The first-order valence-corrected chi connectivity index (χ1v) is 6.05. The number of carbonyl (C=O) groups excluding carboxylic acids is 1. The summed E-state index contributed by atoms with van der Waals surface area (Å²) in [7, 11) is 0. The lowest BCUT2D eigenvalue weighted by molar-refractivity contribution is 0.112. The highest BCUT2D eigenvalue weighted by atomic mass is 16.1. The minimum Gasteiger partial charge on any atom is -0.328 e. The Kier molecular flexibility index (Phi) is 2.30. The first-order chi connectivity index (χ1) is 8.24. The summed E-state index contributed by atoms with van der Waals surface area (Å²) in [4.78, 5) is 11.1. The van der Waals surface area contributed by atoms with E-state index in [4.69, 9.17) is 0 Å². The van der Waals surface area contributed by atoms with Crippen LogP contribution in [0.3, 0.4) is 0 Å². The van der Waals surface area contributed by atoms with Crippen molar-refractivity contribution in [1.82, 2.24) is 9.88 Å². The lowest BCUT2D eigenvalue weighted by atomic mass is 10.1. The van der Waals surface area contributed by atoms with Crippen molar-refractivity contribution in [3.63, 3.8) is 0 Å². The van der Waals surface area contributed by atoms with Gasteiger partial charge in [0, 0.05) is 17.1 Å². The molecule has 0 amide bonds. The Hall–Kier alpha value is -1.61. The van der Waals surface area contributed by atoms with Crippen LogP contribution in [0.5, 0.6) is 0 Å². The number of hydrogen-bond acceptors (Lipinski definition) is 2. The molecule has 3 heteroatoms. The number of fused-ring (bicyclic) bond motifs is 1. The minimum atomic E-state index is -0.0547. The van der Waals surface area contributed by atoms with Crippen LogP contribution in [0.4, 0.5) is 0 Å². The van der Waals surface area contributed by atoms with E-state index < -0.39 is 0 Å². The van der Waals surface area contributed by atoms with Crippen molar-refractivity contribution in [2.45, 2.75) is 25.4 Å². The summed E-state index contributed by atoms with van der Waals surface area (Å²) in [6.07, 6.45) is 5.19. The molecule has 1 fully saturated rings. The maximum absolute atomic E-state index is 11.1. The van der Waals surface area contributed by atoms with Gasteiger partial charge < -0.3 is 4.57 Å². The second kappa shape index (κ2) is 3.70. The molecule has 1 saturated heterocycles. The van der Waals surface area contributed by atoms with E-state index in [-0.39, 0.29) is 5.66 Å². The fourth-order valence-corrected chi connectivity index (χ4v) is 2.79. The van der Waals surface area contributed by atoms with Gasteiger partial charge in [0.05, 0.1) is 11.2 Å². The third kappa shape index (κ3) is 1.50. The fourth-order valence-electron chi connectivity index (χ4n) is 2.79. The van der Waals surface area contributed by atoms with E-state index in [1.807, 2.05) is 24.4 Å². The molecule has 1 aromatic carbocycles. The van der Waals surface area contributed by atoms with Gasteiger partial charge in [-0.1, -0.05) is 18.2 Å². The van der Waals surface area contributed by atoms with Crippen LogP contribution < -0.4 is 5.32 Å². The lowest BCUT2D eigenvalue weighted by Gasteiger charge is -2.27. The van der Waals surface area contributed by atoms with Crippen LogP contribution >= 0.6 is 0 Å². The van der Waals surface area contributed by atoms with Crippen molar-refractivity contribution in [3.05, 3.63) is 36.0 Å². The topological polar surface area (TPSA) is 34.0 Å². The molecule has 88 valence electrons. The van der Waals surface area contributed by atoms with Crippen molar-refractivity contribution in [2.75, 3.05) is 6.54 Å². The van der Waals surface area contributed by atoms with E-state index in [0.717, 1.165) is 35.7 Å². The molecule has 3 rings (SSSR count). The van der Waals surface area contributed by atoms with Gasteiger partial charge in [0.15, 0.2) is 6.29 Å². The summed E-state index contributed by atoms with van der Waals surface area (Å²) in [5, 5.41) is 4.57. The molecule has 1 aromatic heterocycles. The summed E-state index contributed by atoms with van der Waals surface area (Å²) >= 11 is 0. The molecule has 2 aromatic rings. The molecule has 0 saturated carbocycles. The zero-order valence-corrected chi connectivity index (χ0v) is 9.94. The van der Waals surface area contributed by atoms with E-state index in [1.54, 1.807) is 0 Å². The quantitative estimate of drug-likeness (QED) is 0.801. The Bertz CT molecular complexity index is 565. The minimum absolute atomic E-state index is 0.0547. The Morgan fingerprint density at radius 2 is 2.24 bits per heavy atom. The number of nitrogens with one attached hydrogen (secondary N) is 1. The third-order valence-corrected chi connectivity index (χ3v) is 3.75. The van der Waals surface area contributed by atoms with Gasteiger partial charge in [-0.25, -0.2) is 0 Å². The molecule has 0 spiro atoms. The first kappa shape index (κ1) is 10.5. The van der Waals surface area contributed by atoms with E-state index in [2.05, 4.69) is 22.9 Å². The van der Waals surface area contributed by atoms with Crippen molar-refractivity contribution < 1.29 is 4.79 Å². The van der Waals surface area contributed by atoms with Gasteiger partial charge in [-0.15, -0.1) is 0 Å². The van der Waals surface area contributed by atoms with Gasteiger partial charge in [0.2, 0.25) is 0 Å². The molecule has 1 N–H and O–H groups in total. The average molecular weight is 228 g/mol. The number of aromatic nitrogens is 1. The summed E-state index contributed by atoms with van der Waals surface area (Å²) in [5.74, 6) is 0. The Morgan fingerprint density at radius 1 is 1.41 bits per heavy atom. The number of hydrogen-bond donors (Lipinski definition) is 1. The molecule has 0 unspecified atom stereocenters. The number of aldehydes is 1. The average Bonchev–Trinajstić information content (AvgIpc) is 2.94. The van der Waals surface area contributed by atoms with Gasteiger partial charge in [-0.05, 0) is 32.4 Å². The maximum Gasteiger partial charge on any atom is 0.152 e. The Labute approximate surface area is 100 Å².